The van der Waals surface area contributed by atoms with E-state index in [-0.39, 0.29) is 23.3 Å². The summed E-state index contributed by atoms with van der Waals surface area (Å²) in [4.78, 5) is 12.1. The summed E-state index contributed by atoms with van der Waals surface area (Å²) in [6.07, 6.45) is -0.232. The summed E-state index contributed by atoms with van der Waals surface area (Å²) < 4.78 is 27.2. The predicted molar refractivity (Wildman–Crippen MR) is 72.9 cm³/mol. The van der Waals surface area contributed by atoms with Gasteiger partial charge in [0.15, 0.2) is 17.4 Å². The van der Waals surface area contributed by atoms with Crippen LogP contribution in [-0.4, -0.2) is 5.78 Å². The summed E-state index contributed by atoms with van der Waals surface area (Å²) >= 11 is 3.23. The summed E-state index contributed by atoms with van der Waals surface area (Å²) in [6, 6.07) is 8.61. The number of anilines is 1. The molecule has 0 spiro atoms. The molecule has 0 aliphatic carbocycles. The van der Waals surface area contributed by atoms with Crippen molar-refractivity contribution in [3.63, 3.8) is 0 Å². The van der Waals surface area contributed by atoms with Gasteiger partial charge in [0.2, 0.25) is 0 Å². The highest BCUT2D eigenvalue weighted by atomic mass is 79.9. The van der Waals surface area contributed by atoms with Crippen molar-refractivity contribution >= 4 is 27.4 Å². The average Bonchev–Trinajstić information content (AvgIpc) is 2.38. The number of hydrogen-bond acceptors (Lipinski definition) is 2. The van der Waals surface area contributed by atoms with Crippen LogP contribution in [0.1, 0.15) is 15.9 Å². The van der Waals surface area contributed by atoms with Gasteiger partial charge in [0.25, 0.3) is 0 Å². The fraction of sp³-hybridized carbons (Fsp3) is 0.0714. The molecule has 0 bridgehead atoms. The summed E-state index contributed by atoms with van der Waals surface area (Å²) in [7, 11) is 0. The Labute approximate surface area is 117 Å². The zero-order chi connectivity index (χ0) is 14.0. The van der Waals surface area contributed by atoms with Crippen molar-refractivity contribution < 1.29 is 13.6 Å². The third-order valence-corrected chi connectivity index (χ3v) is 3.19. The maximum absolute atomic E-state index is 13.5. The number of carbonyl (C=O) groups excluding carboxylic acids is 1. The van der Waals surface area contributed by atoms with Gasteiger partial charge in [0.1, 0.15) is 0 Å². The molecular weight excluding hydrogens is 316 g/mol. The van der Waals surface area contributed by atoms with Gasteiger partial charge < -0.3 is 5.73 Å². The molecule has 0 saturated carbocycles. The molecule has 2 N–H and O–H groups in total. The first-order valence-electron chi connectivity index (χ1n) is 5.50. The minimum atomic E-state index is -0.996. The lowest BCUT2D eigenvalue weighted by molar-refractivity contribution is 0.0992. The second kappa shape index (κ2) is 5.48. The van der Waals surface area contributed by atoms with Crippen LogP contribution in [0.4, 0.5) is 14.5 Å². The number of Topliss-reactive ketones (excluding diaryl/α,β-unsaturated/α-hetero) is 1. The zero-order valence-corrected chi connectivity index (χ0v) is 11.4. The molecule has 0 aliphatic heterocycles. The van der Waals surface area contributed by atoms with Crippen molar-refractivity contribution in [3.8, 4) is 0 Å². The van der Waals surface area contributed by atoms with Crippen molar-refractivity contribution in [2.24, 2.45) is 0 Å². The first-order chi connectivity index (χ1) is 8.99. The molecule has 2 rings (SSSR count). The predicted octanol–water partition coefficient (Wildman–Crippen LogP) is 3.73. The standard InChI is InChI=1S/C14H10BrF2NO/c15-9-4-5-12(18)10(7-9)13(19)6-8-2-1-3-11(16)14(8)17/h1-5,7H,6,18H2. The molecule has 0 radical (unpaired) electrons. The molecule has 98 valence electrons. The number of rotatable bonds is 3. The smallest absolute Gasteiger partial charge is 0.169 e. The van der Waals surface area contributed by atoms with E-state index in [0.717, 1.165) is 6.07 Å². The SMILES string of the molecule is Nc1ccc(Br)cc1C(=O)Cc1cccc(F)c1F. The number of benzene rings is 2. The monoisotopic (exact) mass is 325 g/mol. The Morgan fingerprint density at radius 1 is 1.21 bits per heavy atom. The molecule has 0 amide bonds. The van der Waals surface area contributed by atoms with E-state index in [1.807, 2.05) is 0 Å². The second-order valence-corrected chi connectivity index (χ2v) is 4.96. The van der Waals surface area contributed by atoms with Gasteiger partial charge >= 0.3 is 0 Å². The van der Waals surface area contributed by atoms with Crippen LogP contribution in [-0.2, 0) is 6.42 Å². The second-order valence-electron chi connectivity index (χ2n) is 4.04. The van der Waals surface area contributed by atoms with Crippen LogP contribution in [0, 0.1) is 11.6 Å². The highest BCUT2D eigenvalue weighted by Gasteiger charge is 2.15. The largest absolute Gasteiger partial charge is 0.398 e. The maximum atomic E-state index is 13.5. The van der Waals surface area contributed by atoms with Crippen LogP contribution < -0.4 is 5.73 Å². The molecular formula is C14H10BrF2NO. The fourth-order valence-electron chi connectivity index (χ4n) is 1.72. The highest BCUT2D eigenvalue weighted by Crippen LogP contribution is 2.21. The molecule has 2 nitrogen and oxygen atoms in total. The normalized spacial score (nSPS) is 10.5. The Bertz CT molecular complexity index is 643. The van der Waals surface area contributed by atoms with E-state index < -0.39 is 11.6 Å². The molecule has 2 aromatic carbocycles. The molecule has 5 heteroatoms. The Kier molecular flexibility index (Phi) is 3.95. The molecule has 0 fully saturated rings. The third-order valence-electron chi connectivity index (χ3n) is 2.70. The lowest BCUT2D eigenvalue weighted by atomic mass is 10.0. The van der Waals surface area contributed by atoms with E-state index in [1.165, 1.54) is 12.1 Å². The molecule has 0 atom stereocenters. The van der Waals surface area contributed by atoms with Gasteiger partial charge in [0.05, 0.1) is 0 Å². The summed E-state index contributed by atoms with van der Waals surface area (Å²) in [5.41, 5.74) is 6.32. The minimum Gasteiger partial charge on any atom is -0.398 e. The Morgan fingerprint density at radius 2 is 1.95 bits per heavy atom. The minimum absolute atomic E-state index is 0.0179. The zero-order valence-electron chi connectivity index (χ0n) is 9.79. The average molecular weight is 326 g/mol. The first kappa shape index (κ1) is 13.7. The van der Waals surface area contributed by atoms with Gasteiger partial charge in [0, 0.05) is 22.1 Å². The quantitative estimate of drug-likeness (QED) is 0.690. The van der Waals surface area contributed by atoms with Crippen LogP contribution in [0.15, 0.2) is 40.9 Å². The summed E-state index contributed by atoms with van der Waals surface area (Å²) in [5.74, 6) is -2.32. The Hall–Kier alpha value is -1.75. The van der Waals surface area contributed by atoms with Gasteiger partial charge in [-0.05, 0) is 29.8 Å². The van der Waals surface area contributed by atoms with Crippen LogP contribution in [0.25, 0.3) is 0 Å². The molecule has 0 unspecified atom stereocenters. The van der Waals surface area contributed by atoms with Gasteiger partial charge in [-0.15, -0.1) is 0 Å². The third kappa shape index (κ3) is 2.98. The topological polar surface area (TPSA) is 43.1 Å². The number of carbonyl (C=O) groups is 1. The lowest BCUT2D eigenvalue weighted by Crippen LogP contribution is -2.09. The molecule has 0 aromatic heterocycles. The van der Waals surface area contributed by atoms with Crippen LogP contribution in [0.2, 0.25) is 0 Å². The van der Waals surface area contributed by atoms with E-state index in [4.69, 9.17) is 5.73 Å². The van der Waals surface area contributed by atoms with Crippen LogP contribution >= 0.6 is 15.9 Å². The number of hydrogen-bond donors (Lipinski definition) is 1. The van der Waals surface area contributed by atoms with E-state index in [9.17, 15) is 13.6 Å². The Morgan fingerprint density at radius 3 is 2.68 bits per heavy atom. The summed E-state index contributed by atoms with van der Waals surface area (Å²) in [5, 5.41) is 0. The molecule has 0 saturated heterocycles. The van der Waals surface area contributed by atoms with E-state index >= 15 is 0 Å². The fourth-order valence-corrected chi connectivity index (χ4v) is 2.08. The van der Waals surface area contributed by atoms with E-state index in [2.05, 4.69) is 15.9 Å². The van der Waals surface area contributed by atoms with E-state index in [1.54, 1.807) is 18.2 Å². The van der Waals surface area contributed by atoms with Crippen molar-refractivity contribution in [1.82, 2.24) is 0 Å². The van der Waals surface area contributed by atoms with Crippen LogP contribution in [0.5, 0.6) is 0 Å². The molecule has 19 heavy (non-hydrogen) atoms. The number of halogens is 3. The van der Waals surface area contributed by atoms with Crippen LogP contribution in [0.3, 0.4) is 0 Å². The number of nitrogens with two attached hydrogens (primary N) is 1. The molecule has 0 heterocycles. The van der Waals surface area contributed by atoms with Crippen molar-refractivity contribution in [3.05, 3.63) is 63.6 Å². The Balaban J connectivity index is 2.31. The van der Waals surface area contributed by atoms with Gasteiger partial charge in [-0.2, -0.15) is 0 Å². The van der Waals surface area contributed by atoms with Crippen molar-refractivity contribution in [2.75, 3.05) is 5.73 Å². The highest BCUT2D eigenvalue weighted by molar-refractivity contribution is 9.10. The van der Waals surface area contributed by atoms with Crippen molar-refractivity contribution in [1.29, 1.82) is 0 Å². The van der Waals surface area contributed by atoms with E-state index in [0.29, 0.717) is 10.2 Å². The lowest BCUT2D eigenvalue weighted by Gasteiger charge is -2.07. The van der Waals surface area contributed by atoms with Gasteiger partial charge in [-0.25, -0.2) is 8.78 Å². The van der Waals surface area contributed by atoms with Gasteiger partial charge in [-0.3, -0.25) is 4.79 Å². The maximum Gasteiger partial charge on any atom is 0.169 e. The summed E-state index contributed by atoms with van der Waals surface area (Å²) in [6.45, 7) is 0. The van der Waals surface area contributed by atoms with Crippen molar-refractivity contribution in [2.45, 2.75) is 6.42 Å². The molecule has 0 aliphatic rings. The van der Waals surface area contributed by atoms with Gasteiger partial charge in [-0.1, -0.05) is 28.1 Å². The number of ketones is 1. The first-order valence-corrected chi connectivity index (χ1v) is 6.29. The molecule has 2 aromatic rings. The number of nitrogen functional groups attached to an aromatic ring is 1.